The molecule has 2 fully saturated rings. The molecule has 0 saturated heterocycles. The molecule has 2 aliphatic carbocycles. The zero-order valence-electron chi connectivity index (χ0n) is 10.0. The SMILES string of the molecule is C=CCNC(=S)N[C@@H](C)[C@H]1C[C@@H]2CC[C@@H]1C2. The van der Waals surface area contributed by atoms with E-state index in [4.69, 9.17) is 12.2 Å². The van der Waals surface area contributed by atoms with Gasteiger partial charge in [-0.15, -0.1) is 6.58 Å². The number of hydrogen-bond donors (Lipinski definition) is 2. The highest BCUT2D eigenvalue weighted by molar-refractivity contribution is 7.80. The number of rotatable bonds is 4. The normalized spacial score (nSPS) is 33.4. The maximum atomic E-state index is 5.25. The van der Waals surface area contributed by atoms with E-state index < -0.39 is 0 Å². The molecule has 0 heterocycles. The fraction of sp³-hybridized carbons (Fsp3) is 0.769. The van der Waals surface area contributed by atoms with Gasteiger partial charge in [0.1, 0.15) is 0 Å². The molecule has 2 N–H and O–H groups in total. The predicted molar refractivity (Wildman–Crippen MR) is 72.3 cm³/mol. The monoisotopic (exact) mass is 238 g/mol. The van der Waals surface area contributed by atoms with Gasteiger partial charge in [0.05, 0.1) is 0 Å². The first kappa shape index (κ1) is 11.9. The van der Waals surface area contributed by atoms with E-state index in [1.54, 1.807) is 0 Å². The number of nitrogens with one attached hydrogen (secondary N) is 2. The Morgan fingerprint density at radius 2 is 2.31 bits per heavy atom. The molecule has 0 aromatic carbocycles. The molecule has 4 atom stereocenters. The van der Waals surface area contributed by atoms with Gasteiger partial charge in [-0.25, -0.2) is 0 Å². The lowest BCUT2D eigenvalue weighted by Gasteiger charge is -2.29. The molecule has 90 valence electrons. The highest BCUT2D eigenvalue weighted by Crippen LogP contribution is 2.49. The van der Waals surface area contributed by atoms with Crippen LogP contribution in [0, 0.1) is 17.8 Å². The first-order valence-electron chi connectivity index (χ1n) is 6.36. The van der Waals surface area contributed by atoms with Crippen molar-refractivity contribution in [1.29, 1.82) is 0 Å². The minimum Gasteiger partial charge on any atom is -0.360 e. The first-order valence-corrected chi connectivity index (χ1v) is 6.76. The fourth-order valence-corrected chi connectivity index (χ4v) is 3.71. The summed E-state index contributed by atoms with van der Waals surface area (Å²) in [6, 6.07) is 0.514. The van der Waals surface area contributed by atoms with Crippen molar-refractivity contribution in [2.24, 2.45) is 17.8 Å². The number of hydrogen-bond acceptors (Lipinski definition) is 1. The van der Waals surface area contributed by atoms with E-state index >= 15 is 0 Å². The molecule has 2 saturated carbocycles. The molecule has 0 amide bonds. The molecule has 0 aromatic heterocycles. The third-order valence-corrected chi connectivity index (χ3v) is 4.46. The van der Waals surface area contributed by atoms with Crippen molar-refractivity contribution in [3.63, 3.8) is 0 Å². The van der Waals surface area contributed by atoms with Crippen molar-refractivity contribution in [1.82, 2.24) is 10.6 Å². The van der Waals surface area contributed by atoms with Gasteiger partial charge < -0.3 is 10.6 Å². The molecule has 3 heteroatoms. The lowest BCUT2D eigenvalue weighted by Crippen LogP contribution is -2.45. The van der Waals surface area contributed by atoms with Crippen LogP contribution in [0.3, 0.4) is 0 Å². The summed E-state index contributed by atoms with van der Waals surface area (Å²) in [6.45, 7) is 6.69. The maximum absolute atomic E-state index is 5.25. The van der Waals surface area contributed by atoms with Crippen molar-refractivity contribution in [2.45, 2.75) is 38.6 Å². The minimum absolute atomic E-state index is 0.514. The Balaban J connectivity index is 1.77. The predicted octanol–water partition coefficient (Wildman–Crippen LogP) is 2.46. The summed E-state index contributed by atoms with van der Waals surface area (Å²) >= 11 is 5.25. The summed E-state index contributed by atoms with van der Waals surface area (Å²) in [4.78, 5) is 0. The van der Waals surface area contributed by atoms with Gasteiger partial charge in [-0.2, -0.15) is 0 Å². The van der Waals surface area contributed by atoms with Crippen LogP contribution in [-0.2, 0) is 0 Å². The zero-order valence-corrected chi connectivity index (χ0v) is 10.9. The van der Waals surface area contributed by atoms with Crippen LogP contribution in [0.4, 0.5) is 0 Å². The Labute approximate surface area is 104 Å². The van der Waals surface area contributed by atoms with E-state index in [9.17, 15) is 0 Å². The smallest absolute Gasteiger partial charge is 0.166 e. The van der Waals surface area contributed by atoms with Gasteiger partial charge in [-0.05, 0) is 56.2 Å². The number of fused-ring (bicyclic) bond motifs is 2. The molecule has 2 nitrogen and oxygen atoms in total. The van der Waals surface area contributed by atoms with Gasteiger partial charge in [0.15, 0.2) is 5.11 Å². The van der Waals surface area contributed by atoms with E-state index in [2.05, 4.69) is 24.1 Å². The largest absolute Gasteiger partial charge is 0.360 e. The van der Waals surface area contributed by atoms with Crippen molar-refractivity contribution >= 4 is 17.3 Å². The van der Waals surface area contributed by atoms with E-state index in [1.165, 1.54) is 25.7 Å². The molecule has 2 rings (SSSR count). The van der Waals surface area contributed by atoms with Crippen LogP contribution < -0.4 is 10.6 Å². The van der Waals surface area contributed by atoms with Gasteiger partial charge in [-0.3, -0.25) is 0 Å². The average Bonchev–Trinajstić information content (AvgIpc) is 2.87. The first-order chi connectivity index (χ1) is 7.70. The fourth-order valence-electron chi connectivity index (χ4n) is 3.44. The van der Waals surface area contributed by atoms with E-state index in [0.717, 1.165) is 29.4 Å². The Bertz CT molecular complexity index is 277. The molecule has 0 aliphatic heterocycles. The van der Waals surface area contributed by atoms with Crippen LogP contribution in [0.5, 0.6) is 0 Å². The third kappa shape index (κ3) is 2.57. The second kappa shape index (κ2) is 5.17. The van der Waals surface area contributed by atoms with Gasteiger partial charge in [0.2, 0.25) is 0 Å². The highest BCUT2D eigenvalue weighted by Gasteiger charge is 2.41. The number of thiocarbonyl (C=S) groups is 1. The van der Waals surface area contributed by atoms with Gasteiger partial charge in [0, 0.05) is 12.6 Å². The maximum Gasteiger partial charge on any atom is 0.166 e. The van der Waals surface area contributed by atoms with Crippen LogP contribution in [0.2, 0.25) is 0 Å². The van der Waals surface area contributed by atoms with E-state index in [-0.39, 0.29) is 0 Å². The summed E-state index contributed by atoms with van der Waals surface area (Å²) in [7, 11) is 0. The van der Waals surface area contributed by atoms with Crippen molar-refractivity contribution in [3.8, 4) is 0 Å². The molecular formula is C13H22N2S. The molecule has 2 bridgehead atoms. The Morgan fingerprint density at radius 3 is 2.88 bits per heavy atom. The lowest BCUT2D eigenvalue weighted by atomic mass is 9.84. The minimum atomic E-state index is 0.514. The molecule has 0 spiro atoms. The van der Waals surface area contributed by atoms with Gasteiger partial charge in [0.25, 0.3) is 0 Å². The molecule has 0 unspecified atom stereocenters. The van der Waals surface area contributed by atoms with Crippen LogP contribution in [0.25, 0.3) is 0 Å². The van der Waals surface area contributed by atoms with Crippen LogP contribution in [-0.4, -0.2) is 17.7 Å². The highest BCUT2D eigenvalue weighted by atomic mass is 32.1. The Morgan fingerprint density at radius 1 is 1.50 bits per heavy atom. The summed E-state index contributed by atoms with van der Waals surface area (Å²) in [5, 5.41) is 7.32. The topological polar surface area (TPSA) is 24.1 Å². The van der Waals surface area contributed by atoms with E-state index in [1.807, 2.05) is 6.08 Å². The summed E-state index contributed by atoms with van der Waals surface area (Å²) in [5.74, 6) is 2.80. The van der Waals surface area contributed by atoms with Crippen molar-refractivity contribution in [2.75, 3.05) is 6.54 Å². The molecule has 0 radical (unpaired) electrons. The molecular weight excluding hydrogens is 216 g/mol. The molecule has 16 heavy (non-hydrogen) atoms. The lowest BCUT2D eigenvalue weighted by molar-refractivity contribution is 0.278. The Hall–Kier alpha value is -0.570. The standard InChI is InChI=1S/C13H22N2S/c1-3-6-14-13(16)15-9(2)12-8-10-4-5-11(12)7-10/h3,9-12H,1,4-8H2,2H3,(H2,14,15,16)/t9-,10+,11+,12+/m0/s1. The quantitative estimate of drug-likeness (QED) is 0.581. The van der Waals surface area contributed by atoms with Gasteiger partial charge in [-0.1, -0.05) is 12.5 Å². The van der Waals surface area contributed by atoms with E-state index in [0.29, 0.717) is 6.04 Å². The second-order valence-corrected chi connectivity index (χ2v) is 5.68. The van der Waals surface area contributed by atoms with Crippen LogP contribution in [0.15, 0.2) is 12.7 Å². The zero-order chi connectivity index (χ0) is 11.5. The molecule has 0 aromatic rings. The third-order valence-electron chi connectivity index (χ3n) is 4.20. The van der Waals surface area contributed by atoms with Crippen molar-refractivity contribution < 1.29 is 0 Å². The van der Waals surface area contributed by atoms with Crippen molar-refractivity contribution in [3.05, 3.63) is 12.7 Å². The summed E-state index contributed by atoms with van der Waals surface area (Å²) in [6.07, 6.45) is 7.60. The Kier molecular flexibility index (Phi) is 3.85. The second-order valence-electron chi connectivity index (χ2n) is 5.27. The summed E-state index contributed by atoms with van der Waals surface area (Å²) < 4.78 is 0. The molecule has 2 aliphatic rings. The van der Waals surface area contributed by atoms with Gasteiger partial charge >= 0.3 is 0 Å². The van der Waals surface area contributed by atoms with Crippen LogP contribution >= 0.6 is 12.2 Å². The van der Waals surface area contributed by atoms with Crippen LogP contribution in [0.1, 0.15) is 32.6 Å². The average molecular weight is 238 g/mol. The summed E-state index contributed by atoms with van der Waals surface area (Å²) in [5.41, 5.74) is 0.